The molecule has 0 spiro atoms. The lowest BCUT2D eigenvalue weighted by Crippen LogP contribution is -2.50. The highest BCUT2D eigenvalue weighted by atomic mass is 32.1. The van der Waals surface area contributed by atoms with Gasteiger partial charge in [0.2, 0.25) is 0 Å². The van der Waals surface area contributed by atoms with Crippen molar-refractivity contribution in [3.05, 3.63) is 48.3 Å². The van der Waals surface area contributed by atoms with Gasteiger partial charge in [0, 0.05) is 5.56 Å². The molecule has 0 aliphatic carbocycles. The summed E-state index contributed by atoms with van der Waals surface area (Å²) in [6.07, 6.45) is 1.81. The van der Waals surface area contributed by atoms with E-state index in [1.807, 2.05) is 11.3 Å². The molecule has 4 rings (SSSR count). The summed E-state index contributed by atoms with van der Waals surface area (Å²) >= 11 is 2.05. The second kappa shape index (κ2) is 10.7. The molecule has 2 aromatic carbocycles. The Balaban J connectivity index is 2.00. The Bertz CT molecular complexity index is 1370. The number of benzene rings is 2. The van der Waals surface area contributed by atoms with Crippen LogP contribution in [-0.2, 0) is 0 Å². The largest absolute Gasteiger partial charge is 0.235 e. The van der Waals surface area contributed by atoms with Crippen LogP contribution in [0.3, 0.4) is 0 Å². The molecule has 0 saturated carbocycles. The molecule has 4 aromatic rings. The normalized spacial score (nSPS) is 13.1. The molecule has 0 bridgehead atoms. The number of nitrogens with zero attached hydrogens (tertiary/aromatic N) is 2. The van der Waals surface area contributed by atoms with Crippen LogP contribution in [0.5, 0.6) is 0 Å². The zero-order valence-corrected chi connectivity index (χ0v) is 27.5. The highest BCUT2D eigenvalue weighted by molar-refractivity contribution is 7.32. The van der Waals surface area contributed by atoms with Crippen molar-refractivity contribution >= 4 is 58.2 Å². The molecule has 0 radical (unpaired) electrons. The fourth-order valence-corrected chi connectivity index (χ4v) is 17.9. The fraction of sp³-hybridized carbons (Fsp3) is 0.500. The van der Waals surface area contributed by atoms with Crippen molar-refractivity contribution in [1.29, 1.82) is 0 Å². The van der Waals surface area contributed by atoms with Crippen molar-refractivity contribution in [3.8, 4) is 11.3 Å². The molecule has 198 valence electrons. The van der Waals surface area contributed by atoms with Gasteiger partial charge in [0.25, 0.3) is 0 Å². The maximum Gasteiger partial charge on any atom is 0.116 e. The van der Waals surface area contributed by atoms with Crippen LogP contribution in [0, 0.1) is 24.7 Å². The number of aryl methyl sites for hydroxylation is 1. The maximum atomic E-state index is 4.96. The Morgan fingerprint density at radius 1 is 0.811 bits per heavy atom. The van der Waals surface area contributed by atoms with Crippen LogP contribution in [0.4, 0.5) is 0 Å². The van der Waals surface area contributed by atoms with Gasteiger partial charge in [-0.3, -0.25) is 0 Å². The molecule has 37 heavy (non-hydrogen) atoms. The van der Waals surface area contributed by atoms with Crippen molar-refractivity contribution in [2.24, 2.45) is 17.8 Å². The molecule has 2 heterocycles. The minimum atomic E-state index is -1.74. The summed E-state index contributed by atoms with van der Waals surface area (Å²) < 4.78 is 2.98. The maximum absolute atomic E-state index is 4.96. The van der Waals surface area contributed by atoms with Crippen LogP contribution < -0.4 is 9.69 Å². The lowest BCUT2D eigenvalue weighted by Gasteiger charge is -2.36. The van der Waals surface area contributed by atoms with Gasteiger partial charge in [-0.15, -0.1) is 11.3 Å². The molecule has 0 fully saturated rings. The number of fused-ring (bicyclic) bond motifs is 2. The monoisotopic (exact) mass is 546 g/mol. The summed E-state index contributed by atoms with van der Waals surface area (Å²) in [5, 5.41) is 4.24. The number of thiophene rings is 1. The van der Waals surface area contributed by atoms with E-state index >= 15 is 0 Å². The zero-order valence-electron chi connectivity index (χ0n) is 24.7. The molecule has 0 N–H and O–H groups in total. The molecule has 0 atom stereocenters. The van der Waals surface area contributed by atoms with Crippen molar-refractivity contribution < 1.29 is 0 Å². The molecule has 0 amide bonds. The quantitative estimate of drug-likeness (QED) is 0.196. The molecular formula is C32H46N2SSi2. The lowest BCUT2D eigenvalue weighted by atomic mass is 10.0. The average Bonchev–Trinajstić information content (AvgIpc) is 3.13. The van der Waals surface area contributed by atoms with Crippen LogP contribution in [-0.4, -0.2) is 26.1 Å². The highest BCUT2D eigenvalue weighted by Gasteiger charge is 2.40. The second-order valence-electron chi connectivity index (χ2n) is 13.5. The number of aromatic nitrogens is 2. The van der Waals surface area contributed by atoms with E-state index in [-0.39, 0.29) is 0 Å². The fourth-order valence-electron chi connectivity index (χ4n) is 6.68. The van der Waals surface area contributed by atoms with E-state index in [9.17, 15) is 0 Å². The van der Waals surface area contributed by atoms with Crippen LogP contribution in [0.2, 0.25) is 37.8 Å². The van der Waals surface area contributed by atoms with E-state index in [1.54, 1.807) is 10.8 Å². The van der Waals surface area contributed by atoms with E-state index in [4.69, 9.17) is 9.97 Å². The van der Waals surface area contributed by atoms with Gasteiger partial charge in [-0.05, 0) is 51.6 Å². The third-order valence-corrected chi connectivity index (χ3v) is 18.4. The summed E-state index contributed by atoms with van der Waals surface area (Å²) in [6, 6.07) is 17.8. The SMILES string of the molecule is Cc1c([Si](CC(C)C)(CC(C)C)CC(C)C)sc2c(-c3cc([Si](C)(C)C)c4ccccc4c3)ncnc12. The van der Waals surface area contributed by atoms with Crippen molar-refractivity contribution in [1.82, 2.24) is 9.97 Å². The molecule has 2 aromatic heterocycles. The predicted octanol–water partition coefficient (Wildman–Crippen LogP) is 8.99. The number of rotatable bonds is 9. The van der Waals surface area contributed by atoms with Crippen molar-refractivity contribution in [2.75, 3.05) is 0 Å². The minimum absolute atomic E-state index is 0.708. The molecule has 0 saturated heterocycles. The molecule has 0 aliphatic rings. The molecular weight excluding hydrogens is 501 g/mol. The molecule has 0 aliphatic heterocycles. The standard InChI is InChI=1S/C32H46N2SSi2/c1-21(2)17-37(18-22(3)4,19-23(5)6)32-24(7)29-31(35-32)30(34-20-33-29)26-15-25-13-11-12-14-27(25)28(16-26)36(8,9)10/h11-16,20-23H,17-19H2,1-10H3. The van der Waals surface area contributed by atoms with Gasteiger partial charge in [-0.2, -0.15) is 0 Å². The van der Waals surface area contributed by atoms with E-state index in [1.165, 1.54) is 55.4 Å². The molecule has 0 unspecified atom stereocenters. The topological polar surface area (TPSA) is 25.8 Å². The summed E-state index contributed by atoms with van der Waals surface area (Å²) in [4.78, 5) is 9.86. The summed E-state index contributed by atoms with van der Waals surface area (Å²) in [6.45, 7) is 24.2. The van der Waals surface area contributed by atoms with E-state index in [0.717, 1.165) is 5.69 Å². The third-order valence-electron chi connectivity index (χ3n) is 7.53. The summed E-state index contributed by atoms with van der Waals surface area (Å²) in [5.74, 6) is 2.12. The minimum Gasteiger partial charge on any atom is -0.235 e. The predicted molar refractivity (Wildman–Crippen MR) is 172 cm³/mol. The second-order valence-corrected chi connectivity index (χ2v) is 24.2. The Morgan fingerprint density at radius 2 is 1.41 bits per heavy atom. The smallest absolute Gasteiger partial charge is 0.116 e. The third kappa shape index (κ3) is 5.79. The van der Waals surface area contributed by atoms with Crippen LogP contribution in [0.1, 0.15) is 47.1 Å². The van der Waals surface area contributed by atoms with Crippen LogP contribution in [0.15, 0.2) is 42.7 Å². The first-order chi connectivity index (χ1) is 17.3. The Kier molecular flexibility index (Phi) is 8.18. The molecule has 2 nitrogen and oxygen atoms in total. The Morgan fingerprint density at radius 3 is 1.97 bits per heavy atom. The zero-order chi connectivity index (χ0) is 27.1. The Labute approximate surface area is 231 Å². The number of hydrogen-bond donors (Lipinski definition) is 0. The van der Waals surface area contributed by atoms with E-state index < -0.39 is 16.1 Å². The summed E-state index contributed by atoms with van der Waals surface area (Å²) in [5.41, 5.74) is 4.99. The number of hydrogen-bond acceptors (Lipinski definition) is 3. The first kappa shape index (κ1) is 28.2. The van der Waals surface area contributed by atoms with Gasteiger partial charge < -0.3 is 0 Å². The lowest BCUT2D eigenvalue weighted by molar-refractivity contribution is 0.650. The Hall–Kier alpha value is -1.83. The van der Waals surface area contributed by atoms with Crippen molar-refractivity contribution in [2.45, 2.75) is 86.2 Å². The van der Waals surface area contributed by atoms with Gasteiger partial charge in [0.15, 0.2) is 0 Å². The van der Waals surface area contributed by atoms with Crippen LogP contribution >= 0.6 is 11.3 Å². The summed E-state index contributed by atoms with van der Waals surface area (Å²) in [7, 11) is -3.29. The van der Waals surface area contributed by atoms with Gasteiger partial charge >= 0.3 is 0 Å². The average molecular weight is 547 g/mol. The van der Waals surface area contributed by atoms with E-state index in [0.29, 0.717) is 17.8 Å². The highest BCUT2D eigenvalue weighted by Crippen LogP contribution is 2.39. The van der Waals surface area contributed by atoms with Crippen molar-refractivity contribution in [3.63, 3.8) is 0 Å². The molecule has 5 heteroatoms. The van der Waals surface area contributed by atoms with Gasteiger partial charge in [0.1, 0.15) is 14.4 Å². The first-order valence-corrected chi connectivity index (χ1v) is 21.0. The van der Waals surface area contributed by atoms with Crippen LogP contribution in [0.25, 0.3) is 32.2 Å². The first-order valence-electron chi connectivity index (χ1n) is 14.1. The van der Waals surface area contributed by atoms with Gasteiger partial charge in [-0.25, -0.2) is 9.97 Å². The van der Waals surface area contributed by atoms with Gasteiger partial charge in [-0.1, -0.05) is 115 Å². The van der Waals surface area contributed by atoms with Gasteiger partial charge in [0.05, 0.1) is 24.0 Å². The van der Waals surface area contributed by atoms with E-state index in [2.05, 4.69) is 105 Å².